The Labute approximate surface area is 136 Å². The van der Waals surface area contributed by atoms with E-state index >= 15 is 0 Å². The largest absolute Gasteiger partial charge is 0.513 e. The van der Waals surface area contributed by atoms with Gasteiger partial charge in [0.2, 0.25) is 0 Å². The van der Waals surface area contributed by atoms with Crippen molar-refractivity contribution in [2.24, 2.45) is 0 Å². The fraction of sp³-hybridized carbons (Fsp3) is 0.238. The summed E-state index contributed by atoms with van der Waals surface area (Å²) >= 11 is 0. The van der Waals surface area contributed by atoms with Crippen molar-refractivity contribution in [1.29, 1.82) is 0 Å². The molecule has 1 nitrogen and oxygen atoms in total. The van der Waals surface area contributed by atoms with Crippen molar-refractivity contribution < 1.29 is 5.11 Å². The van der Waals surface area contributed by atoms with Gasteiger partial charge in [0, 0.05) is 6.42 Å². The summed E-state index contributed by atoms with van der Waals surface area (Å²) in [5.74, 6) is 0.238. The summed E-state index contributed by atoms with van der Waals surface area (Å²) in [6.07, 6.45) is 10.8. The predicted molar refractivity (Wildman–Crippen MR) is 102 cm³/mol. The van der Waals surface area contributed by atoms with Gasteiger partial charge in [-0.2, -0.15) is 0 Å². The summed E-state index contributed by atoms with van der Waals surface area (Å²) in [4.78, 5) is 0. The molecule has 1 aromatic carbocycles. The van der Waals surface area contributed by atoms with Crippen molar-refractivity contribution in [3.05, 3.63) is 91.8 Å². The first-order valence-corrected chi connectivity index (χ1v) is 7.59. The van der Waals surface area contributed by atoms with E-state index in [9.17, 15) is 0 Å². The van der Waals surface area contributed by atoms with E-state index in [1.54, 1.807) is 6.08 Å². The van der Waals surface area contributed by atoms with E-state index in [1.807, 2.05) is 63.3 Å². The Balaban J connectivity index is 0. The fourth-order valence-corrected chi connectivity index (χ4v) is 1.29. The molecule has 1 aromatic rings. The van der Waals surface area contributed by atoms with E-state index in [-0.39, 0.29) is 5.76 Å². The van der Waals surface area contributed by atoms with Crippen molar-refractivity contribution >= 4 is 5.57 Å². The Morgan fingerprint density at radius 1 is 1.05 bits per heavy atom. The molecule has 1 heteroatoms. The lowest BCUT2D eigenvalue weighted by molar-refractivity contribution is 0.392. The van der Waals surface area contributed by atoms with Crippen molar-refractivity contribution in [3.63, 3.8) is 0 Å². The molecule has 0 unspecified atom stereocenters. The van der Waals surface area contributed by atoms with Crippen LogP contribution >= 0.6 is 0 Å². The summed E-state index contributed by atoms with van der Waals surface area (Å²) in [5, 5.41) is 8.69. The van der Waals surface area contributed by atoms with E-state index in [0.717, 1.165) is 12.0 Å². The molecule has 0 fully saturated rings. The Bertz CT molecular complexity index is 464. The van der Waals surface area contributed by atoms with Gasteiger partial charge in [0.05, 0.1) is 5.76 Å². The van der Waals surface area contributed by atoms with Crippen molar-refractivity contribution in [1.82, 2.24) is 0 Å². The maximum atomic E-state index is 8.69. The molecule has 120 valence electrons. The fourth-order valence-electron chi connectivity index (χ4n) is 1.29. The van der Waals surface area contributed by atoms with Gasteiger partial charge in [0.25, 0.3) is 0 Å². The Morgan fingerprint density at radius 3 is 2.05 bits per heavy atom. The van der Waals surface area contributed by atoms with Crippen molar-refractivity contribution in [2.75, 3.05) is 0 Å². The zero-order chi connectivity index (χ0) is 17.2. The van der Waals surface area contributed by atoms with Gasteiger partial charge in [-0.3, -0.25) is 0 Å². The molecule has 0 saturated heterocycles. The molecule has 0 spiro atoms. The van der Waals surface area contributed by atoms with E-state index in [1.165, 1.54) is 5.56 Å². The monoisotopic (exact) mass is 298 g/mol. The van der Waals surface area contributed by atoms with Crippen molar-refractivity contribution in [3.8, 4) is 0 Å². The molecule has 1 rings (SSSR count). The predicted octanol–water partition coefficient (Wildman–Crippen LogP) is 6.88. The molecule has 0 aliphatic heterocycles. The summed E-state index contributed by atoms with van der Waals surface area (Å²) in [5.41, 5.74) is 2.34. The summed E-state index contributed by atoms with van der Waals surface area (Å²) < 4.78 is 0. The molecule has 0 aliphatic carbocycles. The van der Waals surface area contributed by atoms with E-state index < -0.39 is 0 Å². The lowest BCUT2D eigenvalue weighted by Gasteiger charge is -1.94. The zero-order valence-corrected chi connectivity index (χ0v) is 14.3. The second-order valence-electron chi connectivity index (χ2n) is 4.30. The van der Waals surface area contributed by atoms with Crippen LogP contribution in [0.3, 0.4) is 0 Å². The van der Waals surface area contributed by atoms with E-state index in [0.29, 0.717) is 6.42 Å². The molecule has 0 atom stereocenters. The van der Waals surface area contributed by atoms with Crippen LogP contribution in [0.1, 0.15) is 39.2 Å². The van der Waals surface area contributed by atoms with Crippen molar-refractivity contribution in [2.45, 2.75) is 33.6 Å². The molecule has 0 aliphatic rings. The number of hydrogen-bond donors (Lipinski definition) is 1. The van der Waals surface area contributed by atoms with Crippen LogP contribution in [-0.4, -0.2) is 5.11 Å². The maximum Gasteiger partial charge on any atom is 0.0854 e. The molecule has 0 saturated carbocycles. The lowest BCUT2D eigenvalue weighted by atomic mass is 10.1. The highest BCUT2D eigenvalue weighted by atomic mass is 16.3. The van der Waals surface area contributed by atoms with E-state index in [2.05, 4.69) is 31.9 Å². The van der Waals surface area contributed by atoms with Crippen LogP contribution in [-0.2, 0) is 0 Å². The highest BCUT2D eigenvalue weighted by Gasteiger charge is 1.86. The first-order chi connectivity index (χ1) is 10.6. The number of rotatable bonds is 6. The molecule has 0 radical (unpaired) electrons. The average Bonchev–Trinajstić information content (AvgIpc) is 2.54. The van der Waals surface area contributed by atoms with Gasteiger partial charge in [0.1, 0.15) is 0 Å². The first kappa shape index (κ1) is 22.0. The van der Waals surface area contributed by atoms with Crippen LogP contribution in [0.25, 0.3) is 5.57 Å². The Morgan fingerprint density at radius 2 is 1.64 bits per heavy atom. The summed E-state index contributed by atoms with van der Waals surface area (Å²) in [7, 11) is 0. The van der Waals surface area contributed by atoms with Crippen LogP contribution in [0.5, 0.6) is 0 Å². The van der Waals surface area contributed by atoms with Gasteiger partial charge < -0.3 is 5.11 Å². The molecular formula is C21H30O. The lowest BCUT2D eigenvalue weighted by Crippen LogP contribution is -1.74. The van der Waals surface area contributed by atoms with Gasteiger partial charge in [-0.05, 0) is 18.9 Å². The minimum Gasteiger partial charge on any atom is -0.513 e. The quantitative estimate of drug-likeness (QED) is 0.448. The smallest absolute Gasteiger partial charge is 0.0854 e. The molecule has 0 bridgehead atoms. The van der Waals surface area contributed by atoms with Gasteiger partial charge in [0.15, 0.2) is 0 Å². The molecule has 0 aromatic heterocycles. The minimum absolute atomic E-state index is 0.238. The van der Waals surface area contributed by atoms with Crippen LogP contribution < -0.4 is 0 Å². The van der Waals surface area contributed by atoms with Gasteiger partial charge in [-0.15, -0.1) is 0 Å². The second-order valence-corrected chi connectivity index (χ2v) is 4.30. The van der Waals surface area contributed by atoms with E-state index in [4.69, 9.17) is 5.11 Å². The Hall–Kier alpha value is -2.28. The third kappa shape index (κ3) is 15.8. The molecule has 0 amide bonds. The second kappa shape index (κ2) is 16.8. The maximum absolute atomic E-state index is 8.69. The van der Waals surface area contributed by atoms with Crippen LogP contribution in [0.4, 0.5) is 0 Å². The van der Waals surface area contributed by atoms with Gasteiger partial charge >= 0.3 is 0 Å². The molecule has 0 heterocycles. The number of allylic oxidation sites excluding steroid dienone is 7. The number of aliphatic hydroxyl groups excluding tert-OH is 1. The topological polar surface area (TPSA) is 20.2 Å². The number of aliphatic hydroxyl groups is 1. The number of benzene rings is 1. The SMILES string of the molecule is C=C(C)c1ccccc1.C=C/C=C\C=C/CCC(=C)O.CC. The normalized spacial score (nSPS) is 9.41. The highest BCUT2D eigenvalue weighted by Crippen LogP contribution is 2.08. The third-order valence-corrected chi connectivity index (χ3v) is 2.36. The number of hydrogen-bond acceptors (Lipinski definition) is 1. The van der Waals surface area contributed by atoms with Crippen LogP contribution in [0.2, 0.25) is 0 Å². The highest BCUT2D eigenvalue weighted by molar-refractivity contribution is 5.60. The Kier molecular flexibility index (Phi) is 16.8. The molecule has 22 heavy (non-hydrogen) atoms. The summed E-state index contributed by atoms with van der Waals surface area (Å²) in [6, 6.07) is 10.2. The first-order valence-electron chi connectivity index (χ1n) is 7.59. The minimum atomic E-state index is 0.238. The molecule has 1 N–H and O–H groups in total. The van der Waals surface area contributed by atoms with Crippen LogP contribution in [0.15, 0.2) is 86.2 Å². The van der Waals surface area contributed by atoms with Gasteiger partial charge in [-0.1, -0.05) is 99.9 Å². The standard InChI is InChI=1S/C10H14O.C9H10.C2H6/c1-3-4-5-6-7-8-9-10(2)11;1-8(2)9-6-4-3-5-7-9;1-2/h3-7,11H,1-2,8-9H2;3-7H,1H2,2H3;1-2H3/b5-4-,7-6-;;. The zero-order valence-electron chi connectivity index (χ0n) is 14.3. The average molecular weight is 298 g/mol. The summed E-state index contributed by atoms with van der Waals surface area (Å²) in [6.45, 7) is 16.7. The van der Waals surface area contributed by atoms with Crippen LogP contribution in [0, 0.1) is 0 Å². The molecular weight excluding hydrogens is 268 g/mol. The third-order valence-electron chi connectivity index (χ3n) is 2.36. The van der Waals surface area contributed by atoms with Gasteiger partial charge in [-0.25, -0.2) is 0 Å².